The normalized spacial score (nSPS) is 15.3. The van der Waals surface area contributed by atoms with Crippen molar-refractivity contribution in [2.45, 2.75) is 20.8 Å². The topological polar surface area (TPSA) is 55.9 Å². The van der Waals surface area contributed by atoms with Crippen molar-refractivity contribution in [1.82, 2.24) is 9.80 Å². The first kappa shape index (κ1) is 19.2. The highest BCUT2D eigenvalue weighted by Gasteiger charge is 2.16. The molecule has 0 bridgehead atoms. The predicted molar refractivity (Wildman–Crippen MR) is 102 cm³/mol. The Morgan fingerprint density at radius 3 is 2.24 bits per heavy atom. The van der Waals surface area contributed by atoms with Crippen molar-refractivity contribution in [3.8, 4) is 0 Å². The van der Waals surface area contributed by atoms with Crippen molar-refractivity contribution < 1.29 is 9.59 Å². The van der Waals surface area contributed by atoms with Crippen molar-refractivity contribution in [2.75, 3.05) is 56.5 Å². The van der Waals surface area contributed by atoms with E-state index in [1.807, 2.05) is 38.1 Å². The molecule has 2 amide bonds. The van der Waals surface area contributed by atoms with E-state index in [0.717, 1.165) is 31.9 Å². The van der Waals surface area contributed by atoms with Crippen LogP contribution in [0.25, 0.3) is 0 Å². The molecule has 1 aromatic carbocycles. The summed E-state index contributed by atoms with van der Waals surface area (Å²) >= 11 is 0. The van der Waals surface area contributed by atoms with E-state index in [0.29, 0.717) is 12.5 Å². The Hall–Kier alpha value is -2.08. The van der Waals surface area contributed by atoms with Gasteiger partial charge in [0.15, 0.2) is 0 Å². The Bertz CT molecular complexity index is 578. The maximum Gasteiger partial charge on any atom is 0.243 e. The van der Waals surface area contributed by atoms with E-state index in [1.165, 1.54) is 12.6 Å². The zero-order valence-corrected chi connectivity index (χ0v) is 15.8. The third kappa shape index (κ3) is 6.05. The molecule has 1 aliphatic heterocycles. The molecule has 1 fully saturated rings. The van der Waals surface area contributed by atoms with Crippen molar-refractivity contribution in [3.63, 3.8) is 0 Å². The van der Waals surface area contributed by atoms with Gasteiger partial charge in [0.05, 0.1) is 6.54 Å². The van der Waals surface area contributed by atoms with Crippen LogP contribution in [0.15, 0.2) is 24.3 Å². The average Bonchev–Trinajstić information content (AvgIpc) is 2.55. The Balaban J connectivity index is 1.89. The molecule has 0 unspecified atom stereocenters. The number of piperazine rings is 1. The molecular weight excluding hydrogens is 316 g/mol. The number of amides is 2. The maximum atomic E-state index is 12.2. The Kier molecular flexibility index (Phi) is 6.82. The summed E-state index contributed by atoms with van der Waals surface area (Å²) in [6.07, 6.45) is 0. The Morgan fingerprint density at radius 1 is 1.12 bits per heavy atom. The first-order valence-corrected chi connectivity index (χ1v) is 8.94. The number of anilines is 2. The number of carbonyl (C=O) groups is 2. The van der Waals surface area contributed by atoms with Crippen LogP contribution in [-0.2, 0) is 9.59 Å². The van der Waals surface area contributed by atoms with E-state index in [-0.39, 0.29) is 18.4 Å². The van der Waals surface area contributed by atoms with Crippen LogP contribution in [0.1, 0.15) is 20.8 Å². The van der Waals surface area contributed by atoms with Gasteiger partial charge in [0.25, 0.3) is 0 Å². The number of nitrogens with zero attached hydrogens (tertiary/aromatic N) is 3. The molecule has 25 heavy (non-hydrogen) atoms. The van der Waals surface area contributed by atoms with E-state index in [9.17, 15) is 9.59 Å². The molecule has 1 heterocycles. The Labute approximate surface area is 150 Å². The van der Waals surface area contributed by atoms with E-state index >= 15 is 0 Å². The van der Waals surface area contributed by atoms with Crippen molar-refractivity contribution in [1.29, 1.82) is 0 Å². The number of carbonyl (C=O) groups excluding carboxylic acids is 2. The largest absolute Gasteiger partial charge is 0.369 e. The summed E-state index contributed by atoms with van der Waals surface area (Å²) in [7, 11) is 2.14. The number of likely N-dealkylation sites (N-methyl/N-ethyl adjacent to an activating group) is 1. The van der Waals surface area contributed by atoms with Gasteiger partial charge in [-0.3, -0.25) is 9.59 Å². The second kappa shape index (κ2) is 8.85. The summed E-state index contributed by atoms with van der Waals surface area (Å²) < 4.78 is 0. The number of nitrogens with one attached hydrogen (secondary N) is 1. The highest BCUT2D eigenvalue weighted by molar-refractivity contribution is 5.94. The zero-order chi connectivity index (χ0) is 18.4. The van der Waals surface area contributed by atoms with E-state index in [1.54, 1.807) is 4.90 Å². The molecule has 1 aromatic rings. The molecule has 0 atom stereocenters. The third-order valence-electron chi connectivity index (χ3n) is 4.38. The molecule has 1 aliphatic rings. The molecule has 1 saturated heterocycles. The molecule has 2 rings (SSSR count). The highest BCUT2D eigenvalue weighted by Crippen LogP contribution is 2.19. The second-order valence-electron chi connectivity index (χ2n) is 7.18. The molecule has 6 nitrogen and oxygen atoms in total. The maximum absolute atomic E-state index is 12.2. The van der Waals surface area contributed by atoms with Gasteiger partial charge in [-0.15, -0.1) is 0 Å². The van der Waals surface area contributed by atoms with Gasteiger partial charge in [-0.25, -0.2) is 0 Å². The number of hydrogen-bond donors (Lipinski definition) is 1. The van der Waals surface area contributed by atoms with Gasteiger partial charge in [-0.2, -0.15) is 0 Å². The lowest BCUT2D eigenvalue weighted by Gasteiger charge is -2.34. The lowest BCUT2D eigenvalue weighted by atomic mass is 10.2. The molecule has 0 aromatic heterocycles. The van der Waals surface area contributed by atoms with Crippen LogP contribution >= 0.6 is 0 Å². The van der Waals surface area contributed by atoms with Gasteiger partial charge >= 0.3 is 0 Å². The molecule has 1 N–H and O–H groups in total. The van der Waals surface area contributed by atoms with Gasteiger partial charge in [-0.05, 0) is 37.2 Å². The van der Waals surface area contributed by atoms with Gasteiger partial charge < -0.3 is 20.0 Å². The van der Waals surface area contributed by atoms with Gasteiger partial charge in [0, 0.05) is 51.0 Å². The van der Waals surface area contributed by atoms with E-state index in [4.69, 9.17) is 0 Å². The third-order valence-corrected chi connectivity index (χ3v) is 4.38. The smallest absolute Gasteiger partial charge is 0.243 e. The standard InChI is InChI=1S/C19H30N4O2/c1-15(2)13-23(16(3)24)14-19(25)20-17-5-7-18(8-6-17)22-11-9-21(4)10-12-22/h5-8,15H,9-14H2,1-4H3,(H,20,25). The molecule has 0 aliphatic carbocycles. The lowest BCUT2D eigenvalue weighted by molar-refractivity contribution is -0.133. The van der Waals surface area contributed by atoms with Crippen molar-refractivity contribution in [3.05, 3.63) is 24.3 Å². The second-order valence-corrected chi connectivity index (χ2v) is 7.18. The first-order chi connectivity index (χ1) is 11.8. The molecule has 0 spiro atoms. The summed E-state index contributed by atoms with van der Waals surface area (Å²) in [5, 5.41) is 2.88. The minimum Gasteiger partial charge on any atom is -0.369 e. The minimum atomic E-state index is -0.164. The van der Waals surface area contributed by atoms with Gasteiger partial charge in [-0.1, -0.05) is 13.8 Å². The van der Waals surface area contributed by atoms with Crippen LogP contribution in [0.3, 0.4) is 0 Å². The zero-order valence-electron chi connectivity index (χ0n) is 15.8. The molecule has 0 radical (unpaired) electrons. The first-order valence-electron chi connectivity index (χ1n) is 8.94. The molecular formula is C19H30N4O2. The molecule has 138 valence electrons. The van der Waals surface area contributed by atoms with E-state index < -0.39 is 0 Å². The number of rotatable bonds is 6. The van der Waals surface area contributed by atoms with Crippen LogP contribution < -0.4 is 10.2 Å². The van der Waals surface area contributed by atoms with Gasteiger partial charge in [0.2, 0.25) is 11.8 Å². The van der Waals surface area contributed by atoms with Crippen LogP contribution in [-0.4, -0.2) is 67.9 Å². The number of benzene rings is 1. The summed E-state index contributed by atoms with van der Waals surface area (Å²) in [4.78, 5) is 30.1. The summed E-state index contributed by atoms with van der Waals surface area (Å²) in [5.41, 5.74) is 1.94. The van der Waals surface area contributed by atoms with Crippen LogP contribution in [0.5, 0.6) is 0 Å². The summed E-state index contributed by atoms with van der Waals surface area (Å²) in [5.74, 6) is 0.0945. The predicted octanol–water partition coefficient (Wildman–Crippen LogP) is 1.88. The fourth-order valence-corrected chi connectivity index (χ4v) is 2.94. The fraction of sp³-hybridized carbons (Fsp3) is 0.579. The number of hydrogen-bond acceptors (Lipinski definition) is 4. The van der Waals surface area contributed by atoms with Crippen molar-refractivity contribution in [2.24, 2.45) is 5.92 Å². The van der Waals surface area contributed by atoms with Gasteiger partial charge in [0.1, 0.15) is 0 Å². The monoisotopic (exact) mass is 346 g/mol. The minimum absolute atomic E-state index is 0.0748. The summed E-state index contributed by atoms with van der Waals surface area (Å²) in [6, 6.07) is 7.92. The SMILES string of the molecule is CC(=O)N(CC(=O)Nc1ccc(N2CCN(C)CC2)cc1)CC(C)C. The van der Waals surface area contributed by atoms with Crippen LogP contribution in [0.2, 0.25) is 0 Å². The van der Waals surface area contributed by atoms with Crippen LogP contribution in [0.4, 0.5) is 11.4 Å². The quantitative estimate of drug-likeness (QED) is 0.854. The molecule has 6 heteroatoms. The summed E-state index contributed by atoms with van der Waals surface area (Å²) in [6.45, 7) is 10.4. The average molecular weight is 346 g/mol. The molecule has 0 saturated carbocycles. The van der Waals surface area contributed by atoms with E-state index in [2.05, 4.69) is 22.2 Å². The highest BCUT2D eigenvalue weighted by atomic mass is 16.2. The fourth-order valence-electron chi connectivity index (χ4n) is 2.94. The van der Waals surface area contributed by atoms with Crippen molar-refractivity contribution >= 4 is 23.2 Å². The Morgan fingerprint density at radius 2 is 1.72 bits per heavy atom. The lowest BCUT2D eigenvalue weighted by Crippen LogP contribution is -2.44. The van der Waals surface area contributed by atoms with Crippen LogP contribution in [0, 0.1) is 5.92 Å².